The Kier molecular flexibility index (Phi) is 6.17. The molecular weight excluding hydrogens is 292 g/mol. The number of hydrogen-bond acceptors (Lipinski definition) is 3. The summed E-state index contributed by atoms with van der Waals surface area (Å²) in [6, 6.07) is 18.2. The van der Waals surface area contributed by atoms with Crippen molar-refractivity contribution in [1.82, 2.24) is 10.2 Å². The number of carbonyl (C=O) groups is 2. The number of rotatable bonds is 7. The van der Waals surface area contributed by atoms with Crippen LogP contribution in [-0.2, 0) is 4.79 Å². The largest absolute Gasteiger partial charge is 0.492 e. The first-order valence-corrected chi connectivity index (χ1v) is 7.42. The third-order valence-corrected chi connectivity index (χ3v) is 3.30. The highest BCUT2D eigenvalue weighted by Gasteiger charge is 2.11. The average Bonchev–Trinajstić information content (AvgIpc) is 2.61. The van der Waals surface area contributed by atoms with Crippen LogP contribution in [-0.4, -0.2) is 43.5 Å². The zero-order valence-electron chi connectivity index (χ0n) is 13.1. The fourth-order valence-electron chi connectivity index (χ4n) is 1.92. The molecule has 0 radical (unpaired) electrons. The highest BCUT2D eigenvalue weighted by Crippen LogP contribution is 2.07. The van der Waals surface area contributed by atoms with Crippen LogP contribution in [0.2, 0.25) is 0 Å². The summed E-state index contributed by atoms with van der Waals surface area (Å²) in [7, 11) is 1.69. The quantitative estimate of drug-likeness (QED) is 0.850. The molecule has 2 amide bonds. The number of amides is 2. The van der Waals surface area contributed by atoms with Gasteiger partial charge in [0.05, 0.1) is 13.1 Å². The minimum absolute atomic E-state index is 0.0322. The Morgan fingerprint density at radius 1 is 1.00 bits per heavy atom. The first-order chi connectivity index (χ1) is 11.2. The Bertz CT molecular complexity index is 629. The highest BCUT2D eigenvalue weighted by molar-refractivity contribution is 5.96. The van der Waals surface area contributed by atoms with Crippen LogP contribution >= 0.6 is 0 Å². The third kappa shape index (κ3) is 5.47. The maximum atomic E-state index is 12.0. The van der Waals surface area contributed by atoms with E-state index in [1.807, 2.05) is 36.4 Å². The van der Waals surface area contributed by atoms with E-state index in [0.29, 0.717) is 18.7 Å². The zero-order chi connectivity index (χ0) is 16.5. The summed E-state index contributed by atoms with van der Waals surface area (Å²) in [5.74, 6) is 0.351. The van der Waals surface area contributed by atoms with E-state index in [4.69, 9.17) is 4.74 Å². The molecule has 0 bridgehead atoms. The molecule has 120 valence electrons. The van der Waals surface area contributed by atoms with Gasteiger partial charge in [0.1, 0.15) is 12.4 Å². The van der Waals surface area contributed by atoms with Crippen LogP contribution in [0.4, 0.5) is 0 Å². The van der Waals surface area contributed by atoms with Crippen molar-refractivity contribution in [3.8, 4) is 5.75 Å². The summed E-state index contributed by atoms with van der Waals surface area (Å²) in [6.07, 6.45) is 0. The number of hydrogen-bond donors (Lipinski definition) is 1. The predicted octanol–water partition coefficient (Wildman–Crippen LogP) is 1.95. The van der Waals surface area contributed by atoms with E-state index in [1.54, 1.807) is 31.3 Å². The molecule has 0 saturated heterocycles. The Morgan fingerprint density at radius 3 is 2.26 bits per heavy atom. The topological polar surface area (TPSA) is 58.6 Å². The van der Waals surface area contributed by atoms with Crippen LogP contribution in [0.3, 0.4) is 0 Å². The summed E-state index contributed by atoms with van der Waals surface area (Å²) < 4.78 is 5.54. The summed E-state index contributed by atoms with van der Waals surface area (Å²) in [5.41, 5.74) is 0.537. The SMILES string of the molecule is CN(CCOc1ccccc1)C(=O)CNC(=O)c1ccccc1. The first kappa shape index (κ1) is 16.5. The van der Waals surface area contributed by atoms with E-state index >= 15 is 0 Å². The molecule has 2 aromatic carbocycles. The van der Waals surface area contributed by atoms with Crippen molar-refractivity contribution in [3.05, 3.63) is 66.2 Å². The maximum Gasteiger partial charge on any atom is 0.251 e. The van der Waals surface area contributed by atoms with E-state index in [2.05, 4.69) is 5.32 Å². The number of para-hydroxylation sites is 1. The molecule has 0 atom stereocenters. The standard InChI is InChI=1S/C18H20N2O3/c1-20(12-13-23-16-10-6-3-7-11-16)17(21)14-19-18(22)15-8-4-2-5-9-15/h2-11H,12-14H2,1H3,(H,19,22). The molecular formula is C18H20N2O3. The molecule has 2 rings (SSSR count). The van der Waals surface area contributed by atoms with Gasteiger partial charge in [-0.05, 0) is 24.3 Å². The van der Waals surface area contributed by atoms with Gasteiger partial charge in [0.25, 0.3) is 5.91 Å². The van der Waals surface area contributed by atoms with Gasteiger partial charge in [-0.15, -0.1) is 0 Å². The molecule has 0 aliphatic rings. The van der Waals surface area contributed by atoms with Crippen molar-refractivity contribution in [2.45, 2.75) is 0 Å². The van der Waals surface area contributed by atoms with Gasteiger partial charge in [0, 0.05) is 12.6 Å². The van der Waals surface area contributed by atoms with E-state index in [1.165, 1.54) is 4.90 Å². The Morgan fingerprint density at radius 2 is 1.61 bits per heavy atom. The monoisotopic (exact) mass is 312 g/mol. The van der Waals surface area contributed by atoms with Crippen LogP contribution < -0.4 is 10.1 Å². The van der Waals surface area contributed by atoms with Crippen molar-refractivity contribution in [1.29, 1.82) is 0 Å². The van der Waals surface area contributed by atoms with Crippen LogP contribution in [0.15, 0.2) is 60.7 Å². The summed E-state index contributed by atoms with van der Waals surface area (Å²) >= 11 is 0. The fourth-order valence-corrected chi connectivity index (χ4v) is 1.92. The molecule has 5 heteroatoms. The molecule has 2 aromatic rings. The smallest absolute Gasteiger partial charge is 0.251 e. The maximum absolute atomic E-state index is 12.0. The van der Waals surface area contributed by atoms with Crippen molar-refractivity contribution in [3.63, 3.8) is 0 Å². The number of benzene rings is 2. The molecule has 5 nitrogen and oxygen atoms in total. The molecule has 0 fully saturated rings. The van der Waals surface area contributed by atoms with Crippen LogP contribution in [0.5, 0.6) is 5.75 Å². The minimum Gasteiger partial charge on any atom is -0.492 e. The molecule has 23 heavy (non-hydrogen) atoms. The second kappa shape index (κ2) is 8.58. The Labute approximate surface area is 135 Å². The minimum atomic E-state index is -0.257. The molecule has 0 aromatic heterocycles. The number of ether oxygens (including phenoxy) is 1. The number of carbonyl (C=O) groups excluding carboxylic acids is 2. The van der Waals surface area contributed by atoms with Crippen LogP contribution in [0, 0.1) is 0 Å². The fraction of sp³-hybridized carbons (Fsp3) is 0.222. The molecule has 0 unspecified atom stereocenters. The Balaban J connectivity index is 1.69. The summed E-state index contributed by atoms with van der Waals surface area (Å²) in [5, 5.41) is 2.62. The van der Waals surface area contributed by atoms with Crippen molar-refractivity contribution in [2.24, 2.45) is 0 Å². The van der Waals surface area contributed by atoms with E-state index in [9.17, 15) is 9.59 Å². The highest BCUT2D eigenvalue weighted by atomic mass is 16.5. The third-order valence-electron chi connectivity index (χ3n) is 3.30. The van der Waals surface area contributed by atoms with E-state index in [-0.39, 0.29) is 18.4 Å². The molecule has 0 aliphatic carbocycles. The second-order valence-electron chi connectivity index (χ2n) is 5.03. The van der Waals surface area contributed by atoms with Crippen LogP contribution in [0.1, 0.15) is 10.4 Å². The number of nitrogens with one attached hydrogen (secondary N) is 1. The number of likely N-dealkylation sites (N-methyl/N-ethyl adjacent to an activating group) is 1. The lowest BCUT2D eigenvalue weighted by atomic mass is 10.2. The van der Waals surface area contributed by atoms with Crippen molar-refractivity contribution < 1.29 is 14.3 Å². The van der Waals surface area contributed by atoms with E-state index < -0.39 is 0 Å². The van der Waals surface area contributed by atoms with E-state index in [0.717, 1.165) is 5.75 Å². The zero-order valence-corrected chi connectivity index (χ0v) is 13.1. The van der Waals surface area contributed by atoms with Gasteiger partial charge in [-0.2, -0.15) is 0 Å². The normalized spacial score (nSPS) is 9.96. The summed E-state index contributed by atoms with van der Waals surface area (Å²) in [4.78, 5) is 25.4. The van der Waals surface area contributed by atoms with Gasteiger partial charge in [-0.25, -0.2) is 0 Å². The molecule has 0 aliphatic heterocycles. The molecule has 1 N–H and O–H groups in total. The lowest BCUT2D eigenvalue weighted by Gasteiger charge is -2.17. The van der Waals surface area contributed by atoms with Gasteiger partial charge in [-0.3, -0.25) is 9.59 Å². The van der Waals surface area contributed by atoms with Gasteiger partial charge >= 0.3 is 0 Å². The van der Waals surface area contributed by atoms with Gasteiger partial charge in [0.15, 0.2) is 0 Å². The molecule has 0 heterocycles. The van der Waals surface area contributed by atoms with Crippen molar-refractivity contribution >= 4 is 11.8 Å². The van der Waals surface area contributed by atoms with Gasteiger partial charge in [-0.1, -0.05) is 36.4 Å². The van der Waals surface area contributed by atoms with Gasteiger partial charge in [0.2, 0.25) is 5.91 Å². The van der Waals surface area contributed by atoms with Gasteiger partial charge < -0.3 is 15.0 Å². The Hall–Kier alpha value is -2.82. The van der Waals surface area contributed by atoms with Crippen LogP contribution in [0.25, 0.3) is 0 Å². The summed E-state index contributed by atoms with van der Waals surface area (Å²) in [6.45, 7) is 0.823. The second-order valence-corrected chi connectivity index (χ2v) is 5.03. The predicted molar refractivity (Wildman–Crippen MR) is 88.3 cm³/mol. The van der Waals surface area contributed by atoms with Crippen molar-refractivity contribution in [2.75, 3.05) is 26.7 Å². The average molecular weight is 312 g/mol. The number of nitrogens with zero attached hydrogens (tertiary/aromatic N) is 1. The molecule has 0 saturated carbocycles. The first-order valence-electron chi connectivity index (χ1n) is 7.42. The molecule has 0 spiro atoms. The lowest BCUT2D eigenvalue weighted by molar-refractivity contribution is -0.129. The lowest BCUT2D eigenvalue weighted by Crippen LogP contribution is -2.39.